The fraction of sp³-hybridized carbons (Fsp3) is 0.214. The molecule has 19 heavy (non-hydrogen) atoms. The number of ketones is 1. The predicted molar refractivity (Wildman–Crippen MR) is 76.2 cm³/mol. The fourth-order valence-electron chi connectivity index (χ4n) is 1.68. The maximum absolute atomic E-state index is 11.5. The molecule has 0 unspecified atom stereocenters. The van der Waals surface area contributed by atoms with Crippen LogP contribution in [0.3, 0.4) is 0 Å². The Balaban J connectivity index is 2.15. The molecular weight excluding hydrogens is 260 g/mol. The van der Waals surface area contributed by atoms with E-state index < -0.39 is 0 Å². The molecular formula is C14H14N2O2S. The number of Topliss-reactive ketones (excluding diaryl/α,β-unsaturated/α-hetero) is 1. The van der Waals surface area contributed by atoms with E-state index in [1.165, 1.54) is 6.92 Å². The van der Waals surface area contributed by atoms with Crippen LogP contribution in [0.5, 0.6) is 0 Å². The third kappa shape index (κ3) is 3.72. The van der Waals surface area contributed by atoms with Crippen molar-refractivity contribution >= 4 is 28.7 Å². The second kappa shape index (κ2) is 5.75. The van der Waals surface area contributed by atoms with Gasteiger partial charge in [-0.2, -0.15) is 0 Å². The van der Waals surface area contributed by atoms with Gasteiger partial charge in [0, 0.05) is 16.6 Å². The molecule has 2 rings (SSSR count). The van der Waals surface area contributed by atoms with Gasteiger partial charge in [-0.05, 0) is 26.0 Å². The van der Waals surface area contributed by atoms with Gasteiger partial charge in [0.15, 0.2) is 0 Å². The van der Waals surface area contributed by atoms with Gasteiger partial charge >= 0.3 is 0 Å². The highest BCUT2D eigenvalue weighted by Crippen LogP contribution is 2.24. The summed E-state index contributed by atoms with van der Waals surface area (Å²) >= 11 is 1.58. The van der Waals surface area contributed by atoms with E-state index in [0.29, 0.717) is 5.69 Å². The molecule has 0 aliphatic rings. The van der Waals surface area contributed by atoms with Crippen LogP contribution in [0.1, 0.15) is 18.4 Å². The molecule has 0 aliphatic carbocycles. The fourth-order valence-corrected chi connectivity index (χ4v) is 2.31. The summed E-state index contributed by atoms with van der Waals surface area (Å²) in [6, 6.07) is 7.44. The molecule has 1 aromatic carbocycles. The highest BCUT2D eigenvalue weighted by atomic mass is 32.1. The average molecular weight is 274 g/mol. The van der Waals surface area contributed by atoms with Crippen LogP contribution in [-0.4, -0.2) is 16.7 Å². The Labute approximate surface area is 115 Å². The first kappa shape index (κ1) is 13.4. The standard InChI is InChI=1S/C14H14N2O2S/c1-9(17)6-14(18)16-12-5-3-4-11(7-12)13-8-19-10(2)15-13/h3-5,7-8H,6H2,1-2H3,(H,16,18). The summed E-state index contributed by atoms with van der Waals surface area (Å²) in [5, 5.41) is 5.69. The maximum Gasteiger partial charge on any atom is 0.231 e. The van der Waals surface area contributed by atoms with E-state index in [1.54, 1.807) is 17.4 Å². The van der Waals surface area contributed by atoms with E-state index >= 15 is 0 Å². The van der Waals surface area contributed by atoms with Gasteiger partial charge in [0.1, 0.15) is 5.78 Å². The van der Waals surface area contributed by atoms with E-state index in [1.807, 2.05) is 30.5 Å². The molecule has 1 heterocycles. The van der Waals surface area contributed by atoms with Gasteiger partial charge in [-0.15, -0.1) is 11.3 Å². The topological polar surface area (TPSA) is 59.1 Å². The third-order valence-corrected chi connectivity index (χ3v) is 3.24. The first-order valence-corrected chi connectivity index (χ1v) is 6.74. The van der Waals surface area contributed by atoms with Gasteiger partial charge in [0.25, 0.3) is 0 Å². The van der Waals surface area contributed by atoms with Crippen molar-refractivity contribution in [1.29, 1.82) is 0 Å². The third-order valence-electron chi connectivity index (χ3n) is 2.47. The van der Waals surface area contributed by atoms with Crippen LogP contribution in [0.25, 0.3) is 11.3 Å². The number of hydrogen-bond acceptors (Lipinski definition) is 4. The number of aryl methyl sites for hydroxylation is 1. The van der Waals surface area contributed by atoms with Crippen molar-refractivity contribution in [1.82, 2.24) is 4.98 Å². The monoisotopic (exact) mass is 274 g/mol. The van der Waals surface area contributed by atoms with Gasteiger partial charge in [-0.25, -0.2) is 4.98 Å². The largest absolute Gasteiger partial charge is 0.326 e. The molecule has 0 fully saturated rings. The number of nitrogens with zero attached hydrogens (tertiary/aromatic N) is 1. The van der Waals surface area contributed by atoms with Gasteiger partial charge < -0.3 is 5.32 Å². The van der Waals surface area contributed by atoms with Crippen molar-refractivity contribution in [2.75, 3.05) is 5.32 Å². The highest BCUT2D eigenvalue weighted by molar-refractivity contribution is 7.09. The van der Waals surface area contributed by atoms with Crippen LogP contribution in [0, 0.1) is 6.92 Å². The van der Waals surface area contributed by atoms with Gasteiger partial charge in [-0.1, -0.05) is 12.1 Å². The van der Waals surface area contributed by atoms with Crippen LogP contribution in [0.15, 0.2) is 29.6 Å². The summed E-state index contributed by atoms with van der Waals surface area (Å²) in [7, 11) is 0. The zero-order valence-corrected chi connectivity index (χ0v) is 11.6. The molecule has 0 radical (unpaired) electrons. The number of amides is 1. The lowest BCUT2D eigenvalue weighted by atomic mass is 10.1. The van der Waals surface area contributed by atoms with Crippen LogP contribution in [-0.2, 0) is 9.59 Å². The van der Waals surface area contributed by atoms with Crippen molar-refractivity contribution in [2.24, 2.45) is 0 Å². The first-order valence-electron chi connectivity index (χ1n) is 5.86. The Bertz CT molecular complexity index is 619. The van der Waals surface area contributed by atoms with Gasteiger partial charge in [0.2, 0.25) is 5.91 Å². The van der Waals surface area contributed by atoms with E-state index in [0.717, 1.165) is 16.3 Å². The van der Waals surface area contributed by atoms with Gasteiger partial charge in [-0.3, -0.25) is 9.59 Å². The number of aromatic nitrogens is 1. The van der Waals surface area contributed by atoms with E-state index in [4.69, 9.17) is 0 Å². The molecule has 0 spiro atoms. The lowest BCUT2D eigenvalue weighted by molar-refractivity contribution is -0.124. The molecule has 0 saturated heterocycles. The number of nitrogens with one attached hydrogen (secondary N) is 1. The van der Waals surface area contributed by atoms with E-state index in [2.05, 4.69) is 10.3 Å². The Hall–Kier alpha value is -2.01. The Morgan fingerprint density at radius 1 is 1.37 bits per heavy atom. The summed E-state index contributed by atoms with van der Waals surface area (Å²) in [6.07, 6.45) is -0.0972. The minimum absolute atomic E-state index is 0.0972. The summed E-state index contributed by atoms with van der Waals surface area (Å²) in [5.41, 5.74) is 2.52. The number of carbonyl (C=O) groups is 2. The number of carbonyl (C=O) groups excluding carboxylic acids is 2. The SMILES string of the molecule is CC(=O)CC(=O)Nc1cccc(-c2csc(C)n2)c1. The average Bonchev–Trinajstić information content (AvgIpc) is 2.75. The Kier molecular flexibility index (Phi) is 4.06. The van der Waals surface area contributed by atoms with Crippen molar-refractivity contribution < 1.29 is 9.59 Å². The van der Waals surface area contributed by atoms with E-state index in [9.17, 15) is 9.59 Å². The zero-order valence-electron chi connectivity index (χ0n) is 10.8. The second-order valence-corrected chi connectivity index (χ2v) is 5.32. The number of thiazole rings is 1. The Morgan fingerprint density at radius 3 is 2.79 bits per heavy atom. The molecule has 0 bridgehead atoms. The number of benzene rings is 1. The number of hydrogen-bond donors (Lipinski definition) is 1. The van der Waals surface area contributed by atoms with Crippen LogP contribution in [0.2, 0.25) is 0 Å². The molecule has 5 heteroatoms. The lowest BCUT2D eigenvalue weighted by Crippen LogP contribution is -2.14. The zero-order chi connectivity index (χ0) is 13.8. The van der Waals surface area contributed by atoms with Crippen molar-refractivity contribution in [2.45, 2.75) is 20.3 Å². The minimum atomic E-state index is -0.292. The molecule has 0 aliphatic heterocycles. The quantitative estimate of drug-likeness (QED) is 0.872. The van der Waals surface area contributed by atoms with Crippen molar-refractivity contribution in [3.63, 3.8) is 0 Å². The highest BCUT2D eigenvalue weighted by Gasteiger charge is 2.07. The smallest absolute Gasteiger partial charge is 0.231 e. The van der Waals surface area contributed by atoms with Crippen LogP contribution in [0.4, 0.5) is 5.69 Å². The molecule has 98 valence electrons. The molecule has 0 atom stereocenters. The van der Waals surface area contributed by atoms with Crippen molar-refractivity contribution in [3.05, 3.63) is 34.7 Å². The molecule has 0 saturated carbocycles. The second-order valence-electron chi connectivity index (χ2n) is 4.26. The first-order chi connectivity index (χ1) is 9.04. The molecule has 1 N–H and O–H groups in total. The number of rotatable bonds is 4. The maximum atomic E-state index is 11.5. The molecule has 4 nitrogen and oxygen atoms in total. The summed E-state index contributed by atoms with van der Waals surface area (Å²) in [5.74, 6) is -0.442. The molecule has 2 aromatic rings. The molecule has 1 amide bonds. The summed E-state index contributed by atoms with van der Waals surface area (Å²) < 4.78 is 0. The summed E-state index contributed by atoms with van der Waals surface area (Å²) in [4.78, 5) is 26.8. The minimum Gasteiger partial charge on any atom is -0.326 e. The van der Waals surface area contributed by atoms with Gasteiger partial charge in [0.05, 0.1) is 17.1 Å². The lowest BCUT2D eigenvalue weighted by Gasteiger charge is -2.05. The normalized spacial score (nSPS) is 10.2. The van der Waals surface area contributed by atoms with Crippen LogP contribution < -0.4 is 5.32 Å². The predicted octanol–water partition coefficient (Wildman–Crippen LogP) is 3.04. The van der Waals surface area contributed by atoms with E-state index in [-0.39, 0.29) is 18.1 Å². The summed E-state index contributed by atoms with van der Waals surface area (Å²) in [6.45, 7) is 3.35. The Morgan fingerprint density at radius 2 is 2.16 bits per heavy atom. The van der Waals surface area contributed by atoms with Crippen LogP contribution >= 0.6 is 11.3 Å². The molecule has 1 aromatic heterocycles. The number of anilines is 1. The van der Waals surface area contributed by atoms with Crippen molar-refractivity contribution in [3.8, 4) is 11.3 Å².